The van der Waals surface area contributed by atoms with Crippen LogP contribution in [0.2, 0.25) is 0 Å². The van der Waals surface area contributed by atoms with E-state index in [0.29, 0.717) is 5.25 Å². The van der Waals surface area contributed by atoms with E-state index in [-0.39, 0.29) is 0 Å². The van der Waals surface area contributed by atoms with Crippen LogP contribution in [0.25, 0.3) is 5.57 Å². The third kappa shape index (κ3) is 3.99. The molecule has 1 saturated heterocycles. The van der Waals surface area contributed by atoms with E-state index in [2.05, 4.69) is 6.08 Å². The maximum absolute atomic E-state index is 12.8. The van der Waals surface area contributed by atoms with E-state index in [4.69, 9.17) is 0 Å². The fourth-order valence-electron chi connectivity index (χ4n) is 2.74. The molecule has 120 valence electrons. The zero-order chi connectivity index (χ0) is 16.3. The van der Waals surface area contributed by atoms with Crippen LogP contribution >= 0.6 is 11.8 Å². The van der Waals surface area contributed by atoms with Crippen LogP contribution in [0.1, 0.15) is 29.5 Å². The molecule has 1 fully saturated rings. The highest BCUT2D eigenvalue weighted by molar-refractivity contribution is 8.00. The molecule has 0 N–H and O–H groups in total. The number of hydrogen-bond acceptors (Lipinski definition) is 1. The van der Waals surface area contributed by atoms with Crippen molar-refractivity contribution in [1.82, 2.24) is 0 Å². The lowest BCUT2D eigenvalue weighted by Gasteiger charge is -2.13. The maximum Gasteiger partial charge on any atom is 0.416 e. The normalized spacial score (nSPS) is 19.1. The molecular weight excluding hydrogens is 317 g/mol. The van der Waals surface area contributed by atoms with Gasteiger partial charge in [-0.2, -0.15) is 24.9 Å². The van der Waals surface area contributed by atoms with Crippen molar-refractivity contribution >= 4 is 17.3 Å². The Morgan fingerprint density at radius 3 is 2.17 bits per heavy atom. The Balaban J connectivity index is 1.98. The average molecular weight is 334 g/mol. The molecule has 23 heavy (non-hydrogen) atoms. The molecule has 1 unspecified atom stereocenters. The van der Waals surface area contributed by atoms with Crippen molar-refractivity contribution in [1.29, 1.82) is 0 Å². The Labute approximate surface area is 138 Å². The van der Waals surface area contributed by atoms with Gasteiger partial charge in [0.05, 0.1) is 5.56 Å². The molecule has 1 aliphatic rings. The molecule has 0 amide bonds. The fraction of sp³-hybridized carbons (Fsp3) is 0.263. The number of thioether (sulfide) groups is 1. The summed E-state index contributed by atoms with van der Waals surface area (Å²) in [7, 11) is 0. The van der Waals surface area contributed by atoms with Gasteiger partial charge in [0.15, 0.2) is 0 Å². The summed E-state index contributed by atoms with van der Waals surface area (Å²) in [4.78, 5) is 0. The van der Waals surface area contributed by atoms with Gasteiger partial charge in [0.1, 0.15) is 0 Å². The molecule has 2 aromatic carbocycles. The molecule has 4 heteroatoms. The second-order valence-corrected chi connectivity index (χ2v) is 6.92. The van der Waals surface area contributed by atoms with Gasteiger partial charge in [-0.25, -0.2) is 0 Å². The summed E-state index contributed by atoms with van der Waals surface area (Å²) >= 11 is 1.91. The summed E-state index contributed by atoms with van der Waals surface area (Å²) in [5.41, 5.74) is 2.28. The molecule has 0 saturated carbocycles. The lowest BCUT2D eigenvalue weighted by molar-refractivity contribution is -0.137. The standard InChI is InChI=1S/C19H17F3S/c20-19(21,22)16-10-8-15(9-11-16)18(13-17-7-4-12-23-17)14-5-2-1-3-6-14/h1-3,5-6,8-11,13,17H,4,7,12H2/b18-13+. The van der Waals surface area contributed by atoms with Crippen LogP contribution in [0.5, 0.6) is 0 Å². The SMILES string of the molecule is FC(F)(F)c1ccc(/C(=C/C2CCCS2)c2ccccc2)cc1. The van der Waals surface area contributed by atoms with Crippen molar-refractivity contribution in [3.05, 3.63) is 77.4 Å². The number of hydrogen-bond donors (Lipinski definition) is 0. The quantitative estimate of drug-likeness (QED) is 0.660. The van der Waals surface area contributed by atoms with E-state index in [1.165, 1.54) is 6.42 Å². The van der Waals surface area contributed by atoms with Crippen LogP contribution in [-0.2, 0) is 6.18 Å². The van der Waals surface area contributed by atoms with E-state index < -0.39 is 11.7 Å². The Morgan fingerprint density at radius 1 is 0.957 bits per heavy atom. The summed E-state index contributed by atoms with van der Waals surface area (Å²) in [6, 6.07) is 15.3. The van der Waals surface area contributed by atoms with Gasteiger partial charge >= 0.3 is 6.18 Å². The zero-order valence-electron chi connectivity index (χ0n) is 12.5. The molecule has 1 aliphatic heterocycles. The van der Waals surface area contributed by atoms with Gasteiger partial charge in [0, 0.05) is 5.25 Å². The monoisotopic (exact) mass is 334 g/mol. The number of halogens is 3. The summed E-state index contributed by atoms with van der Waals surface area (Å²) in [6.07, 6.45) is 0.231. The van der Waals surface area contributed by atoms with Gasteiger partial charge in [-0.3, -0.25) is 0 Å². The summed E-state index contributed by atoms with van der Waals surface area (Å²) in [5, 5.41) is 0.437. The van der Waals surface area contributed by atoms with Crippen molar-refractivity contribution in [2.24, 2.45) is 0 Å². The minimum Gasteiger partial charge on any atom is -0.166 e. The fourth-order valence-corrected chi connectivity index (χ4v) is 3.94. The van der Waals surface area contributed by atoms with Gasteiger partial charge in [0.25, 0.3) is 0 Å². The first-order chi connectivity index (χ1) is 11.0. The number of alkyl halides is 3. The van der Waals surface area contributed by atoms with Crippen LogP contribution in [0.4, 0.5) is 13.2 Å². The highest BCUT2D eigenvalue weighted by atomic mass is 32.2. The number of benzene rings is 2. The third-order valence-electron chi connectivity index (χ3n) is 3.93. The van der Waals surface area contributed by atoms with E-state index in [1.807, 2.05) is 42.1 Å². The largest absolute Gasteiger partial charge is 0.416 e. The molecule has 1 heterocycles. The van der Waals surface area contributed by atoms with Crippen LogP contribution in [-0.4, -0.2) is 11.0 Å². The minimum absolute atomic E-state index is 0.437. The third-order valence-corrected chi connectivity index (χ3v) is 5.25. The maximum atomic E-state index is 12.8. The topological polar surface area (TPSA) is 0 Å². The summed E-state index contributed by atoms with van der Waals surface area (Å²) in [6.45, 7) is 0. The zero-order valence-corrected chi connectivity index (χ0v) is 13.3. The Kier molecular flexibility index (Phi) is 4.81. The summed E-state index contributed by atoms with van der Waals surface area (Å²) in [5.74, 6) is 1.15. The number of rotatable bonds is 3. The Bertz CT molecular complexity index is 666. The molecule has 0 aromatic heterocycles. The highest BCUT2D eigenvalue weighted by Crippen LogP contribution is 2.34. The highest BCUT2D eigenvalue weighted by Gasteiger charge is 2.30. The predicted octanol–water partition coefficient (Wildman–Crippen LogP) is 6.03. The minimum atomic E-state index is -4.30. The smallest absolute Gasteiger partial charge is 0.166 e. The molecule has 3 rings (SSSR count). The van der Waals surface area contributed by atoms with Crippen molar-refractivity contribution < 1.29 is 13.2 Å². The lowest BCUT2D eigenvalue weighted by Crippen LogP contribution is -2.04. The Hall–Kier alpha value is -1.68. The lowest BCUT2D eigenvalue weighted by atomic mass is 9.95. The van der Waals surface area contributed by atoms with E-state index >= 15 is 0 Å². The van der Waals surface area contributed by atoms with Gasteiger partial charge in [-0.05, 0) is 47.4 Å². The first-order valence-corrected chi connectivity index (χ1v) is 8.65. The Morgan fingerprint density at radius 2 is 1.61 bits per heavy atom. The molecule has 1 atom stereocenters. The first-order valence-electron chi connectivity index (χ1n) is 7.60. The molecule has 0 nitrogen and oxygen atoms in total. The van der Waals surface area contributed by atoms with Gasteiger partial charge in [-0.1, -0.05) is 48.5 Å². The predicted molar refractivity (Wildman–Crippen MR) is 90.4 cm³/mol. The van der Waals surface area contributed by atoms with E-state index in [1.54, 1.807) is 12.1 Å². The molecular formula is C19H17F3S. The van der Waals surface area contributed by atoms with Crippen LogP contribution in [0, 0.1) is 0 Å². The molecule has 2 aromatic rings. The second-order valence-electron chi connectivity index (χ2n) is 5.57. The van der Waals surface area contributed by atoms with Crippen molar-refractivity contribution in [3.63, 3.8) is 0 Å². The first kappa shape index (κ1) is 16.2. The molecule has 0 radical (unpaired) electrons. The van der Waals surface area contributed by atoms with Crippen LogP contribution in [0.15, 0.2) is 60.7 Å². The molecule has 0 bridgehead atoms. The van der Waals surface area contributed by atoms with Crippen molar-refractivity contribution in [2.75, 3.05) is 5.75 Å². The summed E-state index contributed by atoms with van der Waals surface area (Å²) < 4.78 is 38.3. The molecule has 0 aliphatic carbocycles. The van der Waals surface area contributed by atoms with Crippen molar-refractivity contribution in [2.45, 2.75) is 24.3 Å². The van der Waals surface area contributed by atoms with Crippen molar-refractivity contribution in [3.8, 4) is 0 Å². The van der Waals surface area contributed by atoms with Gasteiger partial charge < -0.3 is 0 Å². The van der Waals surface area contributed by atoms with E-state index in [0.717, 1.165) is 41.0 Å². The van der Waals surface area contributed by atoms with E-state index in [9.17, 15) is 13.2 Å². The van der Waals surface area contributed by atoms with Crippen LogP contribution < -0.4 is 0 Å². The molecule has 0 spiro atoms. The average Bonchev–Trinajstić information content (AvgIpc) is 3.06. The van der Waals surface area contributed by atoms with Gasteiger partial charge in [-0.15, -0.1) is 0 Å². The van der Waals surface area contributed by atoms with Gasteiger partial charge in [0.2, 0.25) is 0 Å². The van der Waals surface area contributed by atoms with Crippen LogP contribution in [0.3, 0.4) is 0 Å². The second kappa shape index (κ2) is 6.83.